The Balaban J connectivity index is 1.58. The lowest BCUT2D eigenvalue weighted by Crippen LogP contribution is -2.33. The summed E-state index contributed by atoms with van der Waals surface area (Å²) in [4.78, 5) is 39.7. The van der Waals surface area contributed by atoms with Crippen molar-refractivity contribution in [2.45, 2.75) is 19.8 Å². The first-order chi connectivity index (χ1) is 14.0. The maximum atomic E-state index is 12.7. The number of H-pyrrole nitrogens is 1. The molecule has 1 aromatic heterocycles. The molecule has 0 saturated heterocycles. The number of esters is 1. The fourth-order valence-corrected chi connectivity index (χ4v) is 3.59. The van der Waals surface area contributed by atoms with Crippen molar-refractivity contribution in [3.8, 4) is 0 Å². The number of aromatic amines is 1. The highest BCUT2D eigenvalue weighted by Crippen LogP contribution is 2.32. The molecule has 7 nitrogen and oxygen atoms in total. The van der Waals surface area contributed by atoms with Gasteiger partial charge in [-0.15, -0.1) is 0 Å². The molecule has 0 saturated carbocycles. The molecule has 0 spiro atoms. The molecule has 4 rings (SSSR count). The molecule has 0 aliphatic carbocycles. The summed E-state index contributed by atoms with van der Waals surface area (Å²) in [6, 6.07) is 11.9. The number of hydrogen-bond donors (Lipinski definition) is 3. The highest BCUT2D eigenvalue weighted by Gasteiger charge is 2.27. The van der Waals surface area contributed by atoms with Gasteiger partial charge in [0.1, 0.15) is 5.69 Å². The zero-order valence-corrected chi connectivity index (χ0v) is 16.2. The number of fused-ring (bicyclic) bond motifs is 3. The number of aromatic nitrogens is 1. The number of ether oxygens (including phenoxy) is 1. The van der Waals surface area contributed by atoms with Gasteiger partial charge < -0.3 is 20.4 Å². The van der Waals surface area contributed by atoms with Gasteiger partial charge in [-0.2, -0.15) is 0 Å². The van der Waals surface area contributed by atoms with Crippen molar-refractivity contribution in [3.63, 3.8) is 0 Å². The normalized spacial score (nSPS) is 15.5. The first kappa shape index (κ1) is 18.7. The number of carbonyl (C=O) groups is 3. The summed E-state index contributed by atoms with van der Waals surface area (Å²) in [7, 11) is 0. The number of benzene rings is 2. The Morgan fingerprint density at radius 3 is 2.59 bits per heavy atom. The van der Waals surface area contributed by atoms with Crippen LogP contribution in [0.1, 0.15) is 56.5 Å². The number of rotatable bonds is 4. The van der Waals surface area contributed by atoms with Gasteiger partial charge in [-0.25, -0.2) is 4.79 Å². The van der Waals surface area contributed by atoms with Crippen LogP contribution in [-0.2, 0) is 4.74 Å². The Bertz CT molecular complexity index is 1120. The van der Waals surface area contributed by atoms with E-state index in [9.17, 15) is 14.4 Å². The van der Waals surface area contributed by atoms with Crippen LogP contribution in [0.25, 0.3) is 10.9 Å². The van der Waals surface area contributed by atoms with Crippen molar-refractivity contribution < 1.29 is 19.1 Å². The third kappa shape index (κ3) is 3.47. The summed E-state index contributed by atoms with van der Waals surface area (Å²) in [6.07, 6.45) is 0. The van der Waals surface area contributed by atoms with E-state index in [0.717, 1.165) is 16.5 Å². The van der Waals surface area contributed by atoms with Gasteiger partial charge in [0.2, 0.25) is 0 Å². The second-order valence-electron chi connectivity index (χ2n) is 7.04. The fourth-order valence-electron chi connectivity index (χ4n) is 3.59. The summed E-state index contributed by atoms with van der Waals surface area (Å²) < 4.78 is 4.96. The molecule has 1 unspecified atom stereocenters. The van der Waals surface area contributed by atoms with Crippen molar-refractivity contribution in [1.29, 1.82) is 0 Å². The number of hydrogen-bond acceptors (Lipinski definition) is 4. The Labute approximate surface area is 167 Å². The lowest BCUT2D eigenvalue weighted by atomic mass is 9.93. The third-order valence-electron chi connectivity index (χ3n) is 5.04. The van der Waals surface area contributed by atoms with Crippen LogP contribution in [0.3, 0.4) is 0 Å². The minimum absolute atomic E-state index is 0.123. The molecule has 1 atom stereocenters. The van der Waals surface area contributed by atoms with Crippen LogP contribution in [0, 0.1) is 0 Å². The van der Waals surface area contributed by atoms with Crippen LogP contribution in [0.2, 0.25) is 0 Å². The van der Waals surface area contributed by atoms with E-state index in [1.54, 1.807) is 37.3 Å². The average molecular weight is 391 g/mol. The van der Waals surface area contributed by atoms with Crippen molar-refractivity contribution in [1.82, 2.24) is 10.3 Å². The summed E-state index contributed by atoms with van der Waals surface area (Å²) >= 11 is 0. The molecule has 0 bridgehead atoms. The lowest BCUT2D eigenvalue weighted by molar-refractivity contribution is 0.0526. The van der Waals surface area contributed by atoms with Gasteiger partial charge in [0.25, 0.3) is 11.8 Å². The molecule has 2 amide bonds. The van der Waals surface area contributed by atoms with E-state index in [4.69, 9.17) is 4.74 Å². The highest BCUT2D eigenvalue weighted by atomic mass is 16.5. The molecule has 3 aromatic rings. The molecule has 1 aliphatic heterocycles. The van der Waals surface area contributed by atoms with Gasteiger partial charge in [-0.1, -0.05) is 6.92 Å². The highest BCUT2D eigenvalue weighted by molar-refractivity contribution is 6.08. The van der Waals surface area contributed by atoms with E-state index in [-0.39, 0.29) is 17.7 Å². The number of amides is 2. The zero-order chi connectivity index (χ0) is 20.5. The van der Waals surface area contributed by atoms with Crippen LogP contribution in [-0.4, -0.2) is 35.9 Å². The largest absolute Gasteiger partial charge is 0.462 e. The summed E-state index contributed by atoms with van der Waals surface area (Å²) in [5, 5.41) is 6.57. The van der Waals surface area contributed by atoms with Gasteiger partial charge in [-0.3, -0.25) is 9.59 Å². The first-order valence-electron chi connectivity index (χ1n) is 9.50. The van der Waals surface area contributed by atoms with Crippen LogP contribution < -0.4 is 10.6 Å². The standard InChI is InChI=1S/C22H21N3O4/c1-3-29-22(28)13-4-7-15(8-5-13)24-20(26)14-6-9-17-16(10-14)18-12(2)11-23-21(27)19(18)25-17/h4-10,12,25H,3,11H2,1-2H3,(H,23,27)(H,24,26). The fraction of sp³-hybridized carbons (Fsp3) is 0.227. The van der Waals surface area contributed by atoms with Crippen LogP contribution in [0.15, 0.2) is 42.5 Å². The Hall–Kier alpha value is -3.61. The molecule has 0 radical (unpaired) electrons. The van der Waals surface area contributed by atoms with E-state index < -0.39 is 5.97 Å². The van der Waals surface area contributed by atoms with Crippen LogP contribution >= 0.6 is 0 Å². The smallest absolute Gasteiger partial charge is 0.338 e. The van der Waals surface area contributed by atoms with Gasteiger partial charge in [0.15, 0.2) is 0 Å². The van der Waals surface area contributed by atoms with Gasteiger partial charge in [0, 0.05) is 34.6 Å². The summed E-state index contributed by atoms with van der Waals surface area (Å²) in [5.74, 6) is -0.628. The molecule has 3 N–H and O–H groups in total. The molecule has 1 aliphatic rings. The molecule has 2 heterocycles. The number of carbonyl (C=O) groups excluding carboxylic acids is 3. The molecule has 2 aromatic carbocycles. The predicted octanol–water partition coefficient (Wildman–Crippen LogP) is 3.44. The molecule has 7 heteroatoms. The van der Waals surface area contributed by atoms with Crippen LogP contribution in [0.4, 0.5) is 5.69 Å². The Morgan fingerprint density at radius 2 is 1.86 bits per heavy atom. The van der Waals surface area contributed by atoms with E-state index in [0.29, 0.717) is 35.7 Å². The van der Waals surface area contributed by atoms with Crippen LogP contribution in [0.5, 0.6) is 0 Å². The second-order valence-corrected chi connectivity index (χ2v) is 7.04. The first-order valence-corrected chi connectivity index (χ1v) is 9.50. The lowest BCUT2D eigenvalue weighted by Gasteiger charge is -2.19. The number of anilines is 1. The zero-order valence-electron chi connectivity index (χ0n) is 16.2. The van der Waals surface area contributed by atoms with Crippen molar-refractivity contribution >= 4 is 34.4 Å². The number of nitrogens with one attached hydrogen (secondary N) is 3. The minimum Gasteiger partial charge on any atom is -0.462 e. The van der Waals surface area contributed by atoms with Crippen molar-refractivity contribution in [2.24, 2.45) is 0 Å². The summed E-state index contributed by atoms with van der Waals surface area (Å²) in [6.45, 7) is 4.67. The van der Waals surface area contributed by atoms with Gasteiger partial charge >= 0.3 is 5.97 Å². The minimum atomic E-state index is -0.397. The quantitative estimate of drug-likeness (QED) is 0.593. The second kappa shape index (κ2) is 7.43. The van der Waals surface area contributed by atoms with Crippen molar-refractivity contribution in [2.75, 3.05) is 18.5 Å². The summed E-state index contributed by atoms with van der Waals surface area (Å²) in [5.41, 5.74) is 3.83. The molecule has 148 valence electrons. The van der Waals surface area contributed by atoms with E-state index >= 15 is 0 Å². The predicted molar refractivity (Wildman–Crippen MR) is 109 cm³/mol. The van der Waals surface area contributed by atoms with Crippen molar-refractivity contribution in [3.05, 3.63) is 64.8 Å². The van der Waals surface area contributed by atoms with E-state index in [1.807, 2.05) is 19.1 Å². The maximum absolute atomic E-state index is 12.7. The molecular formula is C22H21N3O4. The van der Waals surface area contributed by atoms with E-state index in [2.05, 4.69) is 15.6 Å². The van der Waals surface area contributed by atoms with Gasteiger partial charge in [-0.05, 0) is 55.0 Å². The third-order valence-corrected chi connectivity index (χ3v) is 5.04. The SMILES string of the molecule is CCOC(=O)c1ccc(NC(=O)c2ccc3[nH]c4c(c3c2)C(C)CNC4=O)cc1. The maximum Gasteiger partial charge on any atom is 0.338 e. The topological polar surface area (TPSA) is 100 Å². The molecule has 29 heavy (non-hydrogen) atoms. The molecular weight excluding hydrogens is 370 g/mol. The van der Waals surface area contributed by atoms with E-state index in [1.165, 1.54) is 0 Å². The molecule has 0 fully saturated rings. The Kier molecular flexibility index (Phi) is 4.80. The average Bonchev–Trinajstić information content (AvgIpc) is 3.11. The Morgan fingerprint density at radius 1 is 1.14 bits per heavy atom. The monoisotopic (exact) mass is 391 g/mol. The van der Waals surface area contributed by atoms with Gasteiger partial charge in [0.05, 0.1) is 12.2 Å².